The van der Waals surface area contributed by atoms with Gasteiger partial charge in [-0.1, -0.05) is 86.8 Å². The van der Waals surface area contributed by atoms with Crippen molar-refractivity contribution in [3.05, 3.63) is 23.3 Å². The second-order valence-electron chi connectivity index (χ2n) is 15.9. The highest BCUT2D eigenvalue weighted by atomic mass is 28.4. The van der Waals surface area contributed by atoms with E-state index in [2.05, 4.69) is 87.2 Å². The van der Waals surface area contributed by atoms with Crippen molar-refractivity contribution in [2.75, 3.05) is 0 Å². The maximum Gasteiger partial charge on any atom is 0.184 e. The van der Waals surface area contributed by atoms with Crippen molar-refractivity contribution in [3.63, 3.8) is 0 Å². The summed E-state index contributed by atoms with van der Waals surface area (Å²) in [4.78, 5) is 0. The maximum absolute atomic E-state index is 6.82. The molecule has 0 amide bonds. The quantitative estimate of drug-likeness (QED) is 0.317. The van der Waals surface area contributed by atoms with Crippen LogP contribution in [-0.2, 0) is 4.43 Å². The van der Waals surface area contributed by atoms with E-state index in [1.54, 1.807) is 11.1 Å². The smallest absolute Gasteiger partial charge is 0.184 e. The van der Waals surface area contributed by atoms with E-state index in [4.69, 9.17) is 4.43 Å². The Labute approximate surface area is 220 Å². The van der Waals surface area contributed by atoms with Crippen LogP contribution in [-0.4, -0.2) is 14.4 Å². The molecule has 0 unspecified atom stereocenters. The van der Waals surface area contributed by atoms with E-state index in [0.29, 0.717) is 28.3 Å². The molecule has 7 atom stereocenters. The van der Waals surface area contributed by atoms with Crippen molar-refractivity contribution in [1.29, 1.82) is 0 Å². The number of hydrogen-bond donors (Lipinski definition) is 0. The molecular weight excluding hydrogens is 440 g/mol. The summed E-state index contributed by atoms with van der Waals surface area (Å²) in [7, 11) is -1.55. The molecule has 0 radical (unpaired) electrons. The van der Waals surface area contributed by atoms with Gasteiger partial charge in [-0.2, -0.15) is 0 Å². The van der Waals surface area contributed by atoms with E-state index in [0.717, 1.165) is 17.8 Å². The molecule has 4 aliphatic rings. The standard InChI is InChI=1S/C33H58OSi/c1-23(2)13-12-14-24(3)25-17-21-33(8)27-15-16-28-30(4,5)29(34-35(9,10)11)19-20-31(28,6)26(27)18-22-32(25,33)7/h15,18,23-25,28-29H,12-14,16-17,19-22H2,1-11H3/t24-,25-,28+,29+,31-,32-,33+/m1/s1. The molecule has 0 aromatic heterocycles. The average molecular weight is 499 g/mol. The molecule has 2 saturated carbocycles. The van der Waals surface area contributed by atoms with Gasteiger partial charge in [0.25, 0.3) is 0 Å². The van der Waals surface area contributed by atoms with Gasteiger partial charge in [-0.25, -0.2) is 0 Å². The van der Waals surface area contributed by atoms with Crippen LogP contribution >= 0.6 is 0 Å². The predicted octanol–water partition coefficient (Wildman–Crippen LogP) is 10.2. The van der Waals surface area contributed by atoms with Gasteiger partial charge in [-0.05, 0) is 115 Å². The van der Waals surface area contributed by atoms with E-state index in [1.807, 2.05) is 0 Å². The fourth-order valence-corrected chi connectivity index (χ4v) is 10.9. The first kappa shape index (κ1) is 27.7. The molecule has 2 heteroatoms. The first-order valence-electron chi connectivity index (χ1n) is 15.2. The topological polar surface area (TPSA) is 9.23 Å². The highest BCUT2D eigenvalue weighted by Gasteiger charge is 2.63. The Kier molecular flexibility index (Phi) is 7.23. The molecule has 35 heavy (non-hydrogen) atoms. The van der Waals surface area contributed by atoms with Crippen LogP contribution in [0.3, 0.4) is 0 Å². The van der Waals surface area contributed by atoms with Gasteiger partial charge in [0.15, 0.2) is 8.32 Å². The molecule has 200 valence electrons. The number of allylic oxidation sites excluding steroid dienone is 4. The van der Waals surface area contributed by atoms with Crippen LogP contribution in [0.1, 0.15) is 113 Å². The third-order valence-electron chi connectivity index (χ3n) is 11.9. The molecule has 1 nitrogen and oxygen atoms in total. The van der Waals surface area contributed by atoms with Crippen LogP contribution in [0.15, 0.2) is 23.3 Å². The van der Waals surface area contributed by atoms with E-state index < -0.39 is 8.32 Å². The molecule has 4 rings (SSSR count). The Morgan fingerprint density at radius 1 is 0.914 bits per heavy atom. The van der Waals surface area contributed by atoms with Crippen molar-refractivity contribution in [3.8, 4) is 0 Å². The Balaban J connectivity index is 1.61. The summed E-state index contributed by atoms with van der Waals surface area (Å²) in [5.41, 5.74) is 4.80. The van der Waals surface area contributed by atoms with Gasteiger partial charge in [0.1, 0.15) is 0 Å². The monoisotopic (exact) mass is 498 g/mol. The number of fused-ring (bicyclic) bond motifs is 5. The van der Waals surface area contributed by atoms with Crippen LogP contribution in [0.5, 0.6) is 0 Å². The van der Waals surface area contributed by atoms with Gasteiger partial charge in [0.2, 0.25) is 0 Å². The highest BCUT2D eigenvalue weighted by molar-refractivity contribution is 6.69. The molecule has 0 spiro atoms. The van der Waals surface area contributed by atoms with E-state index >= 15 is 0 Å². The normalized spacial score (nSPS) is 41.5. The fourth-order valence-electron chi connectivity index (χ4n) is 9.62. The summed E-state index contributed by atoms with van der Waals surface area (Å²) < 4.78 is 6.82. The number of hydrogen-bond acceptors (Lipinski definition) is 1. The van der Waals surface area contributed by atoms with Gasteiger partial charge in [0, 0.05) is 0 Å². The first-order chi connectivity index (χ1) is 16.1. The van der Waals surface area contributed by atoms with Gasteiger partial charge < -0.3 is 4.43 Å². The van der Waals surface area contributed by atoms with E-state index in [1.165, 1.54) is 57.8 Å². The summed E-state index contributed by atoms with van der Waals surface area (Å²) in [6, 6.07) is 0. The van der Waals surface area contributed by atoms with Crippen LogP contribution in [0, 0.1) is 45.3 Å². The molecule has 0 bridgehead atoms. The average Bonchev–Trinajstić information content (AvgIpc) is 3.01. The lowest BCUT2D eigenvalue weighted by Crippen LogP contribution is -2.56. The Hall–Kier alpha value is -0.343. The summed E-state index contributed by atoms with van der Waals surface area (Å²) in [5.74, 6) is 3.22. The second-order valence-corrected chi connectivity index (χ2v) is 20.4. The predicted molar refractivity (Wildman–Crippen MR) is 155 cm³/mol. The lowest BCUT2D eigenvalue weighted by molar-refractivity contribution is -0.0764. The zero-order valence-electron chi connectivity index (χ0n) is 25.3. The highest BCUT2D eigenvalue weighted by Crippen LogP contribution is 2.72. The third kappa shape index (κ3) is 4.49. The van der Waals surface area contributed by atoms with Crippen molar-refractivity contribution < 1.29 is 4.43 Å². The lowest BCUT2D eigenvalue weighted by atomic mass is 9.44. The molecule has 0 aromatic carbocycles. The minimum atomic E-state index is -1.55. The van der Waals surface area contributed by atoms with Gasteiger partial charge in [0.05, 0.1) is 6.10 Å². The van der Waals surface area contributed by atoms with Crippen molar-refractivity contribution in [1.82, 2.24) is 0 Å². The molecule has 0 saturated heterocycles. The summed E-state index contributed by atoms with van der Waals surface area (Å²) in [6.45, 7) is 27.5. The van der Waals surface area contributed by atoms with Crippen LogP contribution in [0.25, 0.3) is 0 Å². The second kappa shape index (κ2) is 9.14. The first-order valence-corrected chi connectivity index (χ1v) is 18.6. The molecule has 0 aromatic rings. The Morgan fingerprint density at radius 2 is 1.60 bits per heavy atom. The van der Waals surface area contributed by atoms with Crippen LogP contribution < -0.4 is 0 Å². The molecule has 0 N–H and O–H groups in total. The minimum absolute atomic E-state index is 0.223. The van der Waals surface area contributed by atoms with Crippen molar-refractivity contribution in [2.24, 2.45) is 45.3 Å². The van der Waals surface area contributed by atoms with Crippen molar-refractivity contribution in [2.45, 2.75) is 139 Å². The van der Waals surface area contributed by atoms with Crippen LogP contribution in [0.2, 0.25) is 19.6 Å². The molecule has 0 heterocycles. The molecule has 2 fully saturated rings. The van der Waals surface area contributed by atoms with Gasteiger partial charge in [-0.3, -0.25) is 0 Å². The minimum Gasteiger partial charge on any atom is -0.414 e. The van der Waals surface area contributed by atoms with Crippen LogP contribution in [0.4, 0.5) is 0 Å². The van der Waals surface area contributed by atoms with Gasteiger partial charge in [-0.15, -0.1) is 0 Å². The zero-order chi connectivity index (χ0) is 26.0. The summed E-state index contributed by atoms with van der Waals surface area (Å²) in [5, 5.41) is 0. The van der Waals surface area contributed by atoms with E-state index in [-0.39, 0.29) is 5.41 Å². The van der Waals surface area contributed by atoms with E-state index in [9.17, 15) is 0 Å². The third-order valence-corrected chi connectivity index (χ3v) is 12.9. The molecule has 0 aliphatic heterocycles. The summed E-state index contributed by atoms with van der Waals surface area (Å²) >= 11 is 0. The maximum atomic E-state index is 6.82. The summed E-state index contributed by atoms with van der Waals surface area (Å²) in [6.07, 6.45) is 18.0. The molecule has 4 aliphatic carbocycles. The van der Waals surface area contributed by atoms with Crippen molar-refractivity contribution >= 4 is 8.32 Å². The Morgan fingerprint density at radius 3 is 2.23 bits per heavy atom. The SMILES string of the molecule is CC(C)CCC[C@@H](C)[C@H]1CC[C@@]2(C)C3=CC[C@H]4C(C)(C)[C@@H](O[Si](C)(C)C)CC[C@]4(C)C3=CC[C@]12C. The largest absolute Gasteiger partial charge is 0.414 e. The lowest BCUT2D eigenvalue weighted by Gasteiger charge is -2.62. The molecular formula is C33H58OSi. The zero-order valence-corrected chi connectivity index (χ0v) is 26.3. The number of rotatable bonds is 7. The fraction of sp³-hybridized carbons (Fsp3) is 0.879. The van der Waals surface area contributed by atoms with Gasteiger partial charge >= 0.3 is 0 Å². The Bertz CT molecular complexity index is 859.